The summed E-state index contributed by atoms with van der Waals surface area (Å²) >= 11 is 0. The Balaban J connectivity index is 1.91. The minimum atomic E-state index is 0.142. The highest BCUT2D eigenvalue weighted by Crippen LogP contribution is 2.20. The van der Waals surface area contributed by atoms with Gasteiger partial charge in [-0.15, -0.1) is 0 Å². The molecular formula is C21H31N5O2. The molecule has 1 aromatic heterocycles. The van der Waals surface area contributed by atoms with Crippen LogP contribution in [-0.2, 0) is 11.3 Å². The molecule has 152 valence electrons. The average molecular weight is 386 g/mol. The second-order valence-corrected chi connectivity index (χ2v) is 6.42. The van der Waals surface area contributed by atoms with Gasteiger partial charge in [0.15, 0.2) is 11.7 Å². The molecule has 1 aromatic carbocycles. The molecule has 0 spiro atoms. The van der Waals surface area contributed by atoms with E-state index in [-0.39, 0.29) is 5.91 Å². The van der Waals surface area contributed by atoms with Crippen molar-refractivity contribution in [2.45, 2.75) is 40.7 Å². The molecule has 2 N–H and O–H groups in total. The van der Waals surface area contributed by atoms with Crippen molar-refractivity contribution in [2.75, 3.05) is 26.2 Å². The zero-order valence-electron chi connectivity index (χ0n) is 17.3. The molecule has 28 heavy (non-hydrogen) atoms. The van der Waals surface area contributed by atoms with Crippen molar-refractivity contribution in [1.29, 1.82) is 0 Å². The summed E-state index contributed by atoms with van der Waals surface area (Å²) in [7, 11) is 0. The van der Waals surface area contributed by atoms with Crippen LogP contribution in [0.2, 0.25) is 0 Å². The van der Waals surface area contributed by atoms with Crippen molar-refractivity contribution in [2.24, 2.45) is 4.99 Å². The predicted molar refractivity (Wildman–Crippen MR) is 112 cm³/mol. The summed E-state index contributed by atoms with van der Waals surface area (Å²) in [6.07, 6.45) is 2.15. The summed E-state index contributed by atoms with van der Waals surface area (Å²) in [5.41, 5.74) is 2.20. The first-order valence-electron chi connectivity index (χ1n) is 9.89. The van der Waals surface area contributed by atoms with E-state index in [0.717, 1.165) is 31.0 Å². The van der Waals surface area contributed by atoms with E-state index in [9.17, 15) is 4.79 Å². The van der Waals surface area contributed by atoms with E-state index in [2.05, 4.69) is 27.5 Å². The smallest absolute Gasteiger partial charge is 0.224 e. The van der Waals surface area contributed by atoms with Crippen LogP contribution in [0.15, 0.2) is 39.9 Å². The van der Waals surface area contributed by atoms with Gasteiger partial charge < -0.3 is 20.0 Å². The maximum absolute atomic E-state index is 12.1. The van der Waals surface area contributed by atoms with E-state index in [4.69, 9.17) is 4.42 Å². The van der Waals surface area contributed by atoms with Crippen molar-refractivity contribution in [3.05, 3.63) is 41.9 Å². The summed E-state index contributed by atoms with van der Waals surface area (Å²) < 4.78 is 5.81. The van der Waals surface area contributed by atoms with E-state index in [0.29, 0.717) is 31.4 Å². The monoisotopic (exact) mass is 385 g/mol. The summed E-state index contributed by atoms with van der Waals surface area (Å²) in [5, 5.41) is 6.36. The van der Waals surface area contributed by atoms with Gasteiger partial charge in [-0.25, -0.2) is 9.98 Å². The van der Waals surface area contributed by atoms with Gasteiger partial charge in [0, 0.05) is 38.2 Å². The van der Waals surface area contributed by atoms with Crippen molar-refractivity contribution in [1.82, 2.24) is 20.5 Å². The highest BCUT2D eigenvalue weighted by molar-refractivity contribution is 5.81. The molecule has 7 nitrogen and oxygen atoms in total. The molecule has 0 aliphatic rings. The molecule has 2 rings (SSSR count). The van der Waals surface area contributed by atoms with Crippen molar-refractivity contribution < 1.29 is 9.21 Å². The van der Waals surface area contributed by atoms with Crippen LogP contribution in [0, 0.1) is 6.92 Å². The number of hydrogen-bond donors (Lipinski definition) is 2. The number of hydrogen-bond acceptors (Lipinski definition) is 4. The largest absolute Gasteiger partial charge is 0.439 e. The lowest BCUT2D eigenvalue weighted by Crippen LogP contribution is -2.40. The van der Waals surface area contributed by atoms with Gasteiger partial charge in [-0.2, -0.15) is 0 Å². The SMILES string of the molecule is CCNC(=NCc1ncc(-c2ccc(C)cc2)o1)NCCC(=O)N(CC)CC. The molecule has 0 aliphatic heterocycles. The van der Waals surface area contributed by atoms with E-state index in [1.54, 1.807) is 6.20 Å². The Morgan fingerprint density at radius 2 is 1.86 bits per heavy atom. The quantitative estimate of drug-likeness (QED) is 0.512. The molecule has 0 atom stereocenters. The van der Waals surface area contributed by atoms with Crippen molar-refractivity contribution in [3.8, 4) is 11.3 Å². The number of nitrogens with one attached hydrogen (secondary N) is 2. The number of aromatic nitrogens is 1. The predicted octanol–water partition coefficient (Wildman–Crippen LogP) is 2.96. The molecule has 0 saturated heterocycles. The number of aryl methyl sites for hydroxylation is 1. The fourth-order valence-corrected chi connectivity index (χ4v) is 2.75. The minimum absolute atomic E-state index is 0.142. The van der Waals surface area contributed by atoms with Gasteiger partial charge in [0.1, 0.15) is 6.54 Å². The van der Waals surface area contributed by atoms with Crippen LogP contribution < -0.4 is 10.6 Å². The first kappa shape index (κ1) is 21.5. The molecule has 0 unspecified atom stereocenters. The van der Waals surface area contributed by atoms with Crippen molar-refractivity contribution in [3.63, 3.8) is 0 Å². The number of aliphatic imine (C=N–C) groups is 1. The molecule has 0 aliphatic carbocycles. The number of rotatable bonds is 9. The van der Waals surface area contributed by atoms with Gasteiger partial charge in [0.2, 0.25) is 11.8 Å². The number of nitrogens with zero attached hydrogens (tertiary/aromatic N) is 3. The van der Waals surface area contributed by atoms with Crippen LogP contribution in [0.1, 0.15) is 38.6 Å². The normalized spacial score (nSPS) is 11.4. The Morgan fingerprint density at radius 3 is 2.50 bits per heavy atom. The Morgan fingerprint density at radius 1 is 1.14 bits per heavy atom. The first-order valence-corrected chi connectivity index (χ1v) is 9.89. The van der Waals surface area contributed by atoms with Gasteiger partial charge in [-0.3, -0.25) is 4.79 Å². The van der Waals surface area contributed by atoms with Crippen molar-refractivity contribution >= 4 is 11.9 Å². The summed E-state index contributed by atoms with van der Waals surface area (Å²) in [6.45, 7) is 11.1. The number of carbonyl (C=O) groups excluding carboxylic acids is 1. The fraction of sp³-hybridized carbons (Fsp3) is 0.476. The van der Waals surface area contributed by atoms with Gasteiger partial charge >= 0.3 is 0 Å². The molecule has 0 bridgehead atoms. The summed E-state index contributed by atoms with van der Waals surface area (Å²) in [5.74, 6) is 2.06. The van der Waals surface area contributed by atoms with Gasteiger partial charge in [0.05, 0.1) is 6.20 Å². The third-order valence-corrected chi connectivity index (χ3v) is 4.35. The standard InChI is InChI=1S/C21H31N5O2/c1-5-22-21(23-13-12-20(27)26(6-2)7-3)25-15-19-24-14-18(28-19)17-10-8-16(4)9-11-17/h8-11,14H,5-7,12-13,15H2,1-4H3,(H2,22,23,25). The Kier molecular flexibility index (Phi) is 8.52. The van der Waals surface area contributed by atoms with E-state index < -0.39 is 0 Å². The second-order valence-electron chi connectivity index (χ2n) is 6.42. The Hall–Kier alpha value is -2.83. The van der Waals surface area contributed by atoms with E-state index in [1.165, 1.54) is 5.56 Å². The zero-order chi connectivity index (χ0) is 20.4. The average Bonchev–Trinajstić information content (AvgIpc) is 3.16. The molecule has 0 fully saturated rings. The van der Waals surface area contributed by atoms with Gasteiger partial charge in [-0.05, 0) is 27.7 Å². The Bertz CT molecular complexity index is 763. The topological polar surface area (TPSA) is 82.8 Å². The zero-order valence-corrected chi connectivity index (χ0v) is 17.3. The number of amides is 1. The number of carbonyl (C=O) groups is 1. The maximum Gasteiger partial charge on any atom is 0.224 e. The lowest BCUT2D eigenvalue weighted by atomic mass is 10.1. The molecule has 7 heteroatoms. The number of oxazole rings is 1. The summed E-state index contributed by atoms with van der Waals surface area (Å²) in [4.78, 5) is 22.7. The molecule has 1 amide bonds. The molecule has 1 heterocycles. The van der Waals surface area contributed by atoms with Crippen LogP contribution in [0.25, 0.3) is 11.3 Å². The van der Waals surface area contributed by atoms with Crippen LogP contribution in [0.5, 0.6) is 0 Å². The Labute approximate surface area is 167 Å². The van der Waals surface area contributed by atoms with Crippen LogP contribution in [0.3, 0.4) is 0 Å². The maximum atomic E-state index is 12.1. The van der Waals surface area contributed by atoms with E-state index in [1.807, 2.05) is 49.9 Å². The third kappa shape index (κ3) is 6.40. The number of benzene rings is 1. The van der Waals surface area contributed by atoms with Crippen LogP contribution in [0.4, 0.5) is 0 Å². The molecular weight excluding hydrogens is 354 g/mol. The minimum Gasteiger partial charge on any atom is -0.439 e. The summed E-state index contributed by atoms with van der Waals surface area (Å²) in [6, 6.07) is 8.12. The highest BCUT2D eigenvalue weighted by atomic mass is 16.4. The van der Waals surface area contributed by atoms with Gasteiger partial charge in [0.25, 0.3) is 0 Å². The van der Waals surface area contributed by atoms with Crippen LogP contribution >= 0.6 is 0 Å². The van der Waals surface area contributed by atoms with E-state index >= 15 is 0 Å². The second kappa shape index (κ2) is 11.1. The molecule has 0 radical (unpaired) electrons. The lowest BCUT2D eigenvalue weighted by Gasteiger charge is -2.19. The molecule has 0 saturated carbocycles. The van der Waals surface area contributed by atoms with Crippen LogP contribution in [-0.4, -0.2) is 47.9 Å². The lowest BCUT2D eigenvalue weighted by molar-refractivity contribution is -0.130. The molecule has 2 aromatic rings. The highest BCUT2D eigenvalue weighted by Gasteiger charge is 2.10. The van der Waals surface area contributed by atoms with Gasteiger partial charge in [-0.1, -0.05) is 29.8 Å². The third-order valence-electron chi connectivity index (χ3n) is 4.35. The number of guanidine groups is 1. The first-order chi connectivity index (χ1) is 13.6. The fourth-order valence-electron chi connectivity index (χ4n) is 2.75.